The molecule has 2 unspecified atom stereocenters. The molecule has 4 atom stereocenters. The molecule has 2 bridgehead atoms. The van der Waals surface area contributed by atoms with Crippen molar-refractivity contribution < 1.29 is 19.1 Å². The lowest BCUT2D eigenvalue weighted by Gasteiger charge is -2.27. The van der Waals surface area contributed by atoms with Gasteiger partial charge < -0.3 is 19.3 Å². The monoisotopic (exact) mass is 360 g/mol. The van der Waals surface area contributed by atoms with E-state index in [-0.39, 0.29) is 17.9 Å². The van der Waals surface area contributed by atoms with Crippen molar-refractivity contribution in [2.75, 3.05) is 33.4 Å². The van der Waals surface area contributed by atoms with E-state index in [4.69, 9.17) is 9.47 Å². The van der Waals surface area contributed by atoms with Crippen LogP contribution in [-0.2, 0) is 25.6 Å². The molecule has 1 spiro atoms. The van der Waals surface area contributed by atoms with Gasteiger partial charge in [0.25, 0.3) is 0 Å². The van der Waals surface area contributed by atoms with Crippen LogP contribution in [-0.4, -0.2) is 76.9 Å². The molecule has 2 fully saturated rings. The Hall–Kier alpha value is -2.19. The van der Waals surface area contributed by atoms with Crippen LogP contribution >= 0.6 is 0 Å². The summed E-state index contributed by atoms with van der Waals surface area (Å²) >= 11 is 0. The smallest absolute Gasteiger partial charge is 0.230 e. The standard InChI is InChI=1S/C18H24N4O4/c1-3-25-9-8-22-11-18-6-4-13(26-18)14(15(18)17(22)24)16(23)21(2)10-12-5-7-19-20-12/h4-7,13-15H,3,8-11H2,1-2H3,(H,19,20)/t13-,14?,15?,18-/m1/s1. The Morgan fingerprint density at radius 2 is 2.42 bits per heavy atom. The minimum absolute atomic E-state index is 0.00940. The van der Waals surface area contributed by atoms with Gasteiger partial charge in [0.05, 0.1) is 43.3 Å². The van der Waals surface area contributed by atoms with Crippen molar-refractivity contribution in [2.45, 2.75) is 25.2 Å². The van der Waals surface area contributed by atoms with Gasteiger partial charge in [-0.05, 0) is 13.0 Å². The van der Waals surface area contributed by atoms with Gasteiger partial charge in [-0.25, -0.2) is 0 Å². The second kappa shape index (κ2) is 6.51. The minimum Gasteiger partial charge on any atom is -0.380 e. The van der Waals surface area contributed by atoms with E-state index in [2.05, 4.69) is 10.2 Å². The first-order chi connectivity index (χ1) is 12.6. The maximum atomic E-state index is 13.1. The first kappa shape index (κ1) is 17.2. The van der Waals surface area contributed by atoms with Crippen LogP contribution in [0.1, 0.15) is 12.6 Å². The summed E-state index contributed by atoms with van der Waals surface area (Å²) in [4.78, 5) is 29.5. The van der Waals surface area contributed by atoms with Crippen molar-refractivity contribution in [3.63, 3.8) is 0 Å². The summed E-state index contributed by atoms with van der Waals surface area (Å²) < 4.78 is 11.5. The van der Waals surface area contributed by atoms with E-state index in [9.17, 15) is 9.59 Å². The highest BCUT2D eigenvalue weighted by Gasteiger charge is 2.66. The highest BCUT2D eigenvalue weighted by molar-refractivity contribution is 5.93. The van der Waals surface area contributed by atoms with Crippen molar-refractivity contribution in [3.05, 3.63) is 30.1 Å². The van der Waals surface area contributed by atoms with Gasteiger partial charge in [-0.2, -0.15) is 5.10 Å². The van der Waals surface area contributed by atoms with E-state index in [0.29, 0.717) is 32.8 Å². The molecule has 1 aromatic heterocycles. The molecular weight excluding hydrogens is 336 g/mol. The number of rotatable bonds is 7. The van der Waals surface area contributed by atoms with E-state index in [0.717, 1.165) is 5.69 Å². The second-order valence-electron chi connectivity index (χ2n) is 7.13. The molecule has 2 saturated heterocycles. The van der Waals surface area contributed by atoms with E-state index < -0.39 is 17.4 Å². The van der Waals surface area contributed by atoms with Crippen LogP contribution in [0.15, 0.2) is 24.4 Å². The number of aromatic nitrogens is 2. The molecule has 3 aliphatic rings. The topological polar surface area (TPSA) is 87.8 Å². The normalized spacial score (nSPS) is 31.7. The molecular formula is C18H24N4O4. The molecule has 2 amide bonds. The number of amides is 2. The van der Waals surface area contributed by atoms with E-state index in [1.54, 1.807) is 23.0 Å². The quantitative estimate of drug-likeness (QED) is 0.554. The highest BCUT2D eigenvalue weighted by Crippen LogP contribution is 2.52. The first-order valence-electron chi connectivity index (χ1n) is 9.02. The number of hydrogen-bond acceptors (Lipinski definition) is 5. The lowest BCUT2D eigenvalue weighted by molar-refractivity contribution is -0.143. The number of likely N-dealkylation sites (tertiary alicyclic amines) is 1. The number of nitrogens with one attached hydrogen (secondary N) is 1. The number of aromatic amines is 1. The van der Waals surface area contributed by atoms with Crippen LogP contribution in [0.5, 0.6) is 0 Å². The van der Waals surface area contributed by atoms with E-state index >= 15 is 0 Å². The highest BCUT2D eigenvalue weighted by atomic mass is 16.5. The summed E-state index contributed by atoms with van der Waals surface area (Å²) in [6.07, 6.45) is 5.24. The fraction of sp³-hybridized carbons (Fsp3) is 0.611. The molecule has 0 aromatic carbocycles. The summed E-state index contributed by atoms with van der Waals surface area (Å²) in [6.45, 7) is 4.48. The molecule has 8 nitrogen and oxygen atoms in total. The Labute approximate surface area is 152 Å². The molecule has 1 aromatic rings. The minimum atomic E-state index is -0.664. The molecule has 4 rings (SSSR count). The second-order valence-corrected chi connectivity index (χ2v) is 7.13. The average molecular weight is 360 g/mol. The van der Waals surface area contributed by atoms with Crippen LogP contribution in [0, 0.1) is 11.8 Å². The molecule has 0 saturated carbocycles. The van der Waals surface area contributed by atoms with Crippen molar-refractivity contribution in [1.82, 2.24) is 20.0 Å². The molecule has 3 aliphatic heterocycles. The Morgan fingerprint density at radius 1 is 1.58 bits per heavy atom. The Kier molecular flexibility index (Phi) is 4.32. The van der Waals surface area contributed by atoms with Crippen LogP contribution in [0.4, 0.5) is 0 Å². The van der Waals surface area contributed by atoms with E-state index in [1.165, 1.54) is 0 Å². The van der Waals surface area contributed by atoms with Gasteiger partial charge >= 0.3 is 0 Å². The lowest BCUT2D eigenvalue weighted by atomic mass is 9.76. The van der Waals surface area contributed by atoms with Crippen LogP contribution in [0.25, 0.3) is 0 Å². The average Bonchev–Trinajstić information content (AvgIpc) is 3.38. The predicted octanol–water partition coefficient (Wildman–Crippen LogP) is 0.187. The molecule has 4 heterocycles. The fourth-order valence-electron chi connectivity index (χ4n) is 4.33. The summed E-state index contributed by atoms with van der Waals surface area (Å²) in [5.41, 5.74) is 0.189. The van der Waals surface area contributed by atoms with Gasteiger partial charge in [-0.1, -0.05) is 12.2 Å². The number of nitrogens with zero attached hydrogens (tertiary/aromatic N) is 3. The van der Waals surface area contributed by atoms with Gasteiger partial charge in [-0.15, -0.1) is 0 Å². The third kappa shape index (κ3) is 2.64. The van der Waals surface area contributed by atoms with Gasteiger partial charge in [0.15, 0.2) is 0 Å². The fourth-order valence-corrected chi connectivity index (χ4v) is 4.33. The molecule has 26 heavy (non-hydrogen) atoms. The van der Waals surface area contributed by atoms with Gasteiger partial charge in [0.1, 0.15) is 5.60 Å². The molecule has 1 N–H and O–H groups in total. The Bertz CT molecular complexity index is 719. The van der Waals surface area contributed by atoms with Crippen LogP contribution in [0.2, 0.25) is 0 Å². The summed E-state index contributed by atoms with van der Waals surface area (Å²) in [5, 5.41) is 6.77. The van der Waals surface area contributed by atoms with Crippen LogP contribution < -0.4 is 0 Å². The summed E-state index contributed by atoms with van der Waals surface area (Å²) in [6, 6.07) is 1.83. The van der Waals surface area contributed by atoms with Crippen molar-refractivity contribution in [2.24, 2.45) is 11.8 Å². The third-order valence-electron chi connectivity index (χ3n) is 5.52. The van der Waals surface area contributed by atoms with E-state index in [1.807, 2.05) is 25.1 Å². The first-order valence-corrected chi connectivity index (χ1v) is 9.02. The number of H-pyrrole nitrogens is 1. The lowest BCUT2D eigenvalue weighted by Crippen LogP contribution is -2.44. The zero-order valence-corrected chi connectivity index (χ0v) is 15.1. The van der Waals surface area contributed by atoms with Gasteiger partial charge in [-0.3, -0.25) is 14.7 Å². The van der Waals surface area contributed by atoms with Crippen molar-refractivity contribution in [1.29, 1.82) is 0 Å². The van der Waals surface area contributed by atoms with Gasteiger partial charge in [0.2, 0.25) is 11.8 Å². The number of hydrogen-bond donors (Lipinski definition) is 1. The van der Waals surface area contributed by atoms with Crippen LogP contribution in [0.3, 0.4) is 0 Å². The number of carbonyl (C=O) groups is 2. The maximum absolute atomic E-state index is 13.1. The molecule has 8 heteroatoms. The largest absolute Gasteiger partial charge is 0.380 e. The zero-order chi connectivity index (χ0) is 18.3. The zero-order valence-electron chi connectivity index (χ0n) is 15.1. The molecule has 0 radical (unpaired) electrons. The van der Waals surface area contributed by atoms with Gasteiger partial charge in [0, 0.05) is 26.4 Å². The number of fused-ring (bicyclic) bond motifs is 1. The molecule has 140 valence electrons. The predicted molar refractivity (Wildman–Crippen MR) is 91.9 cm³/mol. The Morgan fingerprint density at radius 3 is 3.15 bits per heavy atom. The summed E-state index contributed by atoms with van der Waals surface area (Å²) in [5.74, 6) is -1.00. The maximum Gasteiger partial charge on any atom is 0.230 e. The third-order valence-corrected chi connectivity index (χ3v) is 5.52. The van der Waals surface area contributed by atoms with Crippen molar-refractivity contribution in [3.8, 4) is 0 Å². The van der Waals surface area contributed by atoms with Crippen molar-refractivity contribution >= 4 is 11.8 Å². The Balaban J connectivity index is 1.50. The summed E-state index contributed by atoms with van der Waals surface area (Å²) in [7, 11) is 1.75. The SMILES string of the molecule is CCOCCN1C[C@@]23C=C[C@@H](O2)C(C(=O)N(C)Cc2ccn[nH]2)C3C1=O. The number of carbonyl (C=O) groups excluding carboxylic acids is 2. The number of ether oxygens (including phenoxy) is 2. The molecule has 0 aliphatic carbocycles.